The molecule has 0 saturated carbocycles. The van der Waals surface area contributed by atoms with Crippen molar-refractivity contribution >= 4 is 34.7 Å². The highest BCUT2D eigenvalue weighted by atomic mass is 16.6. The summed E-state index contributed by atoms with van der Waals surface area (Å²) in [6.45, 7) is 8.06. The van der Waals surface area contributed by atoms with Gasteiger partial charge in [-0.05, 0) is 67.8 Å². The summed E-state index contributed by atoms with van der Waals surface area (Å²) >= 11 is 0. The highest BCUT2D eigenvalue weighted by molar-refractivity contribution is 6.11. The summed E-state index contributed by atoms with van der Waals surface area (Å²) in [5.74, 6) is 0.723. The lowest BCUT2D eigenvalue weighted by Gasteiger charge is -2.42. The van der Waals surface area contributed by atoms with Gasteiger partial charge in [-0.15, -0.1) is 0 Å². The van der Waals surface area contributed by atoms with E-state index in [9.17, 15) is 4.79 Å². The second kappa shape index (κ2) is 14.7. The third-order valence-electron chi connectivity index (χ3n) is 9.94. The molecule has 2 amide bonds. The Kier molecular flexibility index (Phi) is 9.80. The topological polar surface area (TPSA) is 71.1 Å². The Balaban J connectivity index is 1.57. The first-order chi connectivity index (χ1) is 25.0. The Hall–Kier alpha value is -5.56. The Labute approximate surface area is 300 Å². The molecule has 5 aromatic rings. The van der Waals surface area contributed by atoms with Crippen LogP contribution in [-0.2, 0) is 10.3 Å². The summed E-state index contributed by atoms with van der Waals surface area (Å²) in [6.07, 6.45) is 6.37. The summed E-state index contributed by atoms with van der Waals surface area (Å²) in [4.78, 5) is 33.2. The molecular weight excluding hydrogens is 635 g/mol. The molecule has 260 valence electrons. The standard InChI is InChI=1S/C44H45N3O4/c1-4-6-17-29-46(30-18-7-5-2)37-27-28-39-40(41(37)47(36-25-15-11-19-31(36)3)43(49)45-32-20-9-8-10-21-32)44(35-24-14-16-26-38(35)50-39)34-23-13-12-22-33(34)42(48)51-44/h8-16,19-28H,4-7,17-18,29-30H2,1-3H3,(H,45,49). The minimum absolute atomic E-state index is 0.334. The average molecular weight is 680 g/mol. The fourth-order valence-corrected chi connectivity index (χ4v) is 7.48. The van der Waals surface area contributed by atoms with Crippen LogP contribution in [0.1, 0.15) is 85.0 Å². The minimum Gasteiger partial charge on any atom is -0.456 e. The lowest BCUT2D eigenvalue weighted by Crippen LogP contribution is -2.40. The smallest absolute Gasteiger partial charge is 0.340 e. The molecular formula is C44H45N3O4. The molecule has 2 heterocycles. The Morgan fingerprint density at radius 2 is 1.33 bits per heavy atom. The molecule has 0 bridgehead atoms. The van der Waals surface area contributed by atoms with Crippen molar-refractivity contribution in [2.24, 2.45) is 0 Å². The first-order valence-electron chi connectivity index (χ1n) is 18.2. The van der Waals surface area contributed by atoms with Gasteiger partial charge in [-0.1, -0.05) is 112 Å². The highest BCUT2D eigenvalue weighted by Gasteiger charge is 2.56. The van der Waals surface area contributed by atoms with E-state index in [2.05, 4.69) is 30.1 Å². The van der Waals surface area contributed by atoms with E-state index in [-0.39, 0.29) is 6.03 Å². The summed E-state index contributed by atoms with van der Waals surface area (Å²) in [5.41, 5.74) is 5.00. The first kappa shape index (κ1) is 33.9. The van der Waals surface area contributed by atoms with Crippen molar-refractivity contribution in [2.45, 2.75) is 64.9 Å². The van der Waals surface area contributed by atoms with E-state index in [1.54, 1.807) is 4.90 Å². The van der Waals surface area contributed by atoms with Gasteiger partial charge in [0.2, 0.25) is 0 Å². The molecule has 51 heavy (non-hydrogen) atoms. The lowest BCUT2D eigenvalue weighted by atomic mass is 9.76. The maximum absolute atomic E-state index is 15.1. The number of fused-ring (bicyclic) bond motifs is 6. The van der Waals surface area contributed by atoms with Crippen LogP contribution in [-0.4, -0.2) is 25.1 Å². The number of para-hydroxylation sites is 3. The number of nitrogens with one attached hydrogen (secondary N) is 1. The Morgan fingerprint density at radius 1 is 0.686 bits per heavy atom. The number of benzene rings is 5. The van der Waals surface area contributed by atoms with E-state index in [1.165, 1.54) is 0 Å². The summed E-state index contributed by atoms with van der Waals surface area (Å²) in [5, 5.41) is 3.19. The number of urea groups is 1. The van der Waals surface area contributed by atoms with E-state index in [0.29, 0.717) is 45.3 Å². The van der Waals surface area contributed by atoms with E-state index >= 15 is 4.79 Å². The zero-order chi connectivity index (χ0) is 35.4. The molecule has 5 aromatic carbocycles. The van der Waals surface area contributed by atoms with Gasteiger partial charge in [-0.2, -0.15) is 0 Å². The second-order valence-electron chi connectivity index (χ2n) is 13.3. The molecule has 1 N–H and O–H groups in total. The number of amides is 2. The zero-order valence-electron chi connectivity index (χ0n) is 29.7. The van der Waals surface area contributed by atoms with Crippen molar-refractivity contribution in [1.29, 1.82) is 0 Å². The number of hydrogen-bond acceptors (Lipinski definition) is 5. The van der Waals surface area contributed by atoms with Crippen molar-refractivity contribution in [1.82, 2.24) is 0 Å². The number of unbranched alkanes of at least 4 members (excludes halogenated alkanes) is 4. The number of anilines is 4. The third-order valence-corrected chi connectivity index (χ3v) is 9.94. The van der Waals surface area contributed by atoms with Gasteiger partial charge < -0.3 is 19.7 Å². The first-order valence-corrected chi connectivity index (χ1v) is 18.2. The van der Waals surface area contributed by atoms with Crippen LogP contribution in [0.25, 0.3) is 0 Å². The average Bonchev–Trinajstić information content (AvgIpc) is 3.44. The number of esters is 1. The number of carbonyl (C=O) groups is 2. The van der Waals surface area contributed by atoms with E-state index in [4.69, 9.17) is 9.47 Å². The fraction of sp³-hybridized carbons (Fsp3) is 0.273. The van der Waals surface area contributed by atoms with Gasteiger partial charge in [-0.3, -0.25) is 4.90 Å². The zero-order valence-corrected chi connectivity index (χ0v) is 29.7. The van der Waals surface area contributed by atoms with Gasteiger partial charge in [0.15, 0.2) is 5.60 Å². The van der Waals surface area contributed by atoms with Crippen molar-refractivity contribution in [3.8, 4) is 11.5 Å². The van der Waals surface area contributed by atoms with Crippen molar-refractivity contribution < 1.29 is 19.1 Å². The van der Waals surface area contributed by atoms with Gasteiger partial charge >= 0.3 is 12.0 Å². The van der Waals surface area contributed by atoms with Crippen LogP contribution in [0.4, 0.5) is 27.5 Å². The molecule has 2 aliphatic heterocycles. The SMILES string of the molecule is CCCCCN(CCCCC)c1ccc2c(c1N(C(=O)Nc1ccccc1)c1ccccc1C)C1(OC(=O)c3ccccc31)c1ccccc1O2. The van der Waals surface area contributed by atoms with Gasteiger partial charge in [0, 0.05) is 29.9 Å². The van der Waals surface area contributed by atoms with Gasteiger partial charge in [0.1, 0.15) is 11.5 Å². The number of carbonyl (C=O) groups excluding carboxylic acids is 2. The number of ether oxygens (including phenoxy) is 2. The van der Waals surface area contributed by atoms with E-state index in [1.807, 2.05) is 116 Å². The van der Waals surface area contributed by atoms with Crippen molar-refractivity contribution in [3.05, 3.63) is 143 Å². The van der Waals surface area contributed by atoms with Crippen molar-refractivity contribution in [3.63, 3.8) is 0 Å². The number of rotatable bonds is 12. The number of hydrogen-bond donors (Lipinski definition) is 1. The normalized spacial score (nSPS) is 15.3. The predicted molar refractivity (Wildman–Crippen MR) is 205 cm³/mol. The van der Waals surface area contributed by atoms with Crippen LogP contribution in [0.2, 0.25) is 0 Å². The Morgan fingerprint density at radius 3 is 2.06 bits per heavy atom. The molecule has 1 spiro atoms. The van der Waals surface area contributed by atoms with Gasteiger partial charge in [0.25, 0.3) is 0 Å². The van der Waals surface area contributed by atoms with Crippen LogP contribution < -0.4 is 19.9 Å². The van der Waals surface area contributed by atoms with Crippen LogP contribution in [0.15, 0.2) is 115 Å². The molecule has 0 aromatic heterocycles. The third kappa shape index (κ3) is 6.22. The number of nitrogens with zero attached hydrogens (tertiary/aromatic N) is 2. The molecule has 2 aliphatic rings. The van der Waals surface area contributed by atoms with Crippen LogP contribution in [0, 0.1) is 6.92 Å². The minimum atomic E-state index is -1.38. The molecule has 7 heteroatoms. The van der Waals surface area contributed by atoms with Crippen LogP contribution in [0.5, 0.6) is 11.5 Å². The largest absolute Gasteiger partial charge is 0.456 e. The molecule has 1 atom stereocenters. The molecule has 0 aliphatic carbocycles. The maximum Gasteiger partial charge on any atom is 0.340 e. The van der Waals surface area contributed by atoms with E-state index in [0.717, 1.165) is 68.4 Å². The quantitative estimate of drug-likeness (QED) is 0.105. The molecule has 0 radical (unpaired) electrons. The summed E-state index contributed by atoms with van der Waals surface area (Å²) in [6, 6.07) is 36.5. The molecule has 0 fully saturated rings. The molecule has 1 unspecified atom stereocenters. The summed E-state index contributed by atoms with van der Waals surface area (Å²) in [7, 11) is 0. The van der Waals surface area contributed by atoms with Crippen molar-refractivity contribution in [2.75, 3.05) is 28.2 Å². The number of aryl methyl sites for hydroxylation is 1. The molecule has 7 rings (SSSR count). The Bertz CT molecular complexity index is 2030. The fourth-order valence-electron chi connectivity index (χ4n) is 7.48. The van der Waals surface area contributed by atoms with Crippen LogP contribution in [0.3, 0.4) is 0 Å². The lowest BCUT2D eigenvalue weighted by molar-refractivity contribution is 0.0226. The highest BCUT2D eigenvalue weighted by Crippen LogP contribution is 2.61. The monoisotopic (exact) mass is 679 g/mol. The van der Waals surface area contributed by atoms with Gasteiger partial charge in [0.05, 0.1) is 28.2 Å². The molecule has 0 saturated heterocycles. The molecule has 7 nitrogen and oxygen atoms in total. The van der Waals surface area contributed by atoms with E-state index < -0.39 is 11.6 Å². The van der Waals surface area contributed by atoms with Crippen LogP contribution >= 0.6 is 0 Å². The predicted octanol–water partition coefficient (Wildman–Crippen LogP) is 11.1. The summed E-state index contributed by atoms with van der Waals surface area (Å²) < 4.78 is 13.4. The van der Waals surface area contributed by atoms with Gasteiger partial charge in [-0.25, -0.2) is 9.59 Å². The maximum atomic E-state index is 15.1. The second-order valence-corrected chi connectivity index (χ2v) is 13.3.